The summed E-state index contributed by atoms with van der Waals surface area (Å²) < 4.78 is 5.31. The van der Waals surface area contributed by atoms with Crippen molar-refractivity contribution in [2.24, 2.45) is 0 Å². The number of morpholine rings is 1. The number of aliphatic carboxylic acids is 1. The number of aryl methyl sites for hydroxylation is 1. The van der Waals surface area contributed by atoms with Crippen molar-refractivity contribution in [1.29, 1.82) is 0 Å². The molecule has 0 aromatic carbocycles. The highest BCUT2D eigenvalue weighted by Crippen LogP contribution is 2.38. The summed E-state index contributed by atoms with van der Waals surface area (Å²) in [5.74, 6) is -0.767. The molecular formula is C13H17NO3S. The number of nitrogens with zero attached hydrogens (tertiary/aromatic N) is 1. The molecule has 1 aliphatic carbocycles. The molecule has 1 aromatic rings. The summed E-state index contributed by atoms with van der Waals surface area (Å²) in [6.45, 7) is 1.67. The molecule has 0 saturated carbocycles. The zero-order valence-corrected chi connectivity index (χ0v) is 11.0. The minimum Gasteiger partial charge on any atom is -0.480 e. The van der Waals surface area contributed by atoms with Crippen molar-refractivity contribution in [3.8, 4) is 0 Å². The Bertz CT molecular complexity index is 445. The molecular weight excluding hydrogens is 250 g/mol. The molecule has 1 fully saturated rings. The lowest BCUT2D eigenvalue weighted by Gasteiger charge is -2.40. The zero-order valence-electron chi connectivity index (χ0n) is 10.2. The van der Waals surface area contributed by atoms with E-state index in [2.05, 4.69) is 16.3 Å². The maximum absolute atomic E-state index is 11.3. The summed E-state index contributed by atoms with van der Waals surface area (Å²) >= 11 is 1.80. The van der Waals surface area contributed by atoms with E-state index in [1.54, 1.807) is 11.3 Å². The van der Waals surface area contributed by atoms with Crippen LogP contribution in [-0.4, -0.2) is 41.8 Å². The van der Waals surface area contributed by atoms with E-state index in [9.17, 15) is 9.90 Å². The molecule has 3 rings (SSSR count). The second-order valence-corrected chi connectivity index (χ2v) is 5.87. The predicted octanol–water partition coefficient (Wildman–Crippen LogP) is 1.91. The first-order chi connectivity index (χ1) is 8.77. The highest BCUT2D eigenvalue weighted by atomic mass is 32.1. The van der Waals surface area contributed by atoms with Crippen LogP contribution in [0.4, 0.5) is 0 Å². The molecule has 98 valence electrons. The van der Waals surface area contributed by atoms with E-state index in [1.807, 2.05) is 0 Å². The molecule has 18 heavy (non-hydrogen) atoms. The lowest BCUT2D eigenvalue weighted by molar-refractivity contribution is -0.152. The molecule has 1 aliphatic heterocycles. The summed E-state index contributed by atoms with van der Waals surface area (Å²) in [5.41, 5.74) is 1.35. The van der Waals surface area contributed by atoms with Crippen molar-refractivity contribution in [3.05, 3.63) is 21.9 Å². The van der Waals surface area contributed by atoms with Gasteiger partial charge in [0.2, 0.25) is 0 Å². The Labute approximate surface area is 110 Å². The fraction of sp³-hybridized carbons (Fsp3) is 0.615. The largest absolute Gasteiger partial charge is 0.480 e. The number of hydrogen-bond acceptors (Lipinski definition) is 4. The van der Waals surface area contributed by atoms with E-state index in [0.717, 1.165) is 25.8 Å². The third kappa shape index (κ3) is 2.06. The van der Waals surface area contributed by atoms with E-state index in [1.165, 1.54) is 10.4 Å². The lowest BCUT2D eigenvalue weighted by Crippen LogP contribution is -2.51. The third-order valence-corrected chi connectivity index (χ3v) is 4.87. The van der Waals surface area contributed by atoms with E-state index in [-0.39, 0.29) is 6.04 Å². The van der Waals surface area contributed by atoms with Gasteiger partial charge in [0.1, 0.15) is 6.04 Å². The van der Waals surface area contributed by atoms with Crippen molar-refractivity contribution in [2.45, 2.75) is 31.3 Å². The molecule has 0 spiro atoms. The highest BCUT2D eigenvalue weighted by molar-refractivity contribution is 7.10. The summed E-state index contributed by atoms with van der Waals surface area (Å²) in [6, 6.07) is 1.94. The van der Waals surface area contributed by atoms with Crippen molar-refractivity contribution < 1.29 is 14.6 Å². The van der Waals surface area contributed by atoms with Crippen molar-refractivity contribution in [3.63, 3.8) is 0 Å². The first kappa shape index (κ1) is 12.1. The van der Waals surface area contributed by atoms with E-state index < -0.39 is 12.0 Å². The number of carbonyl (C=O) groups is 1. The molecule has 1 aromatic heterocycles. The minimum atomic E-state index is -0.767. The molecule has 2 unspecified atom stereocenters. The smallest absolute Gasteiger partial charge is 0.323 e. The second-order valence-electron chi connectivity index (χ2n) is 4.87. The monoisotopic (exact) mass is 267 g/mol. The van der Waals surface area contributed by atoms with Crippen LogP contribution in [0.3, 0.4) is 0 Å². The number of hydrogen-bond donors (Lipinski definition) is 1. The Morgan fingerprint density at radius 3 is 3.28 bits per heavy atom. The quantitative estimate of drug-likeness (QED) is 0.889. The van der Waals surface area contributed by atoms with Crippen LogP contribution in [0, 0.1) is 0 Å². The van der Waals surface area contributed by atoms with Gasteiger partial charge in [-0.1, -0.05) is 0 Å². The van der Waals surface area contributed by atoms with Crippen molar-refractivity contribution in [2.75, 3.05) is 19.8 Å². The highest BCUT2D eigenvalue weighted by Gasteiger charge is 2.36. The van der Waals surface area contributed by atoms with Gasteiger partial charge in [-0.2, -0.15) is 0 Å². The topological polar surface area (TPSA) is 49.8 Å². The summed E-state index contributed by atoms with van der Waals surface area (Å²) in [6.07, 6.45) is 3.36. The van der Waals surface area contributed by atoms with Crippen molar-refractivity contribution in [1.82, 2.24) is 4.90 Å². The third-order valence-electron chi connectivity index (χ3n) is 3.88. The number of rotatable bonds is 2. The molecule has 1 N–H and O–H groups in total. The van der Waals surface area contributed by atoms with Crippen LogP contribution in [0.15, 0.2) is 11.4 Å². The Balaban J connectivity index is 1.88. The van der Waals surface area contributed by atoms with Gasteiger partial charge in [-0.15, -0.1) is 11.3 Å². The van der Waals surface area contributed by atoms with Gasteiger partial charge in [0, 0.05) is 17.5 Å². The van der Waals surface area contributed by atoms with Crippen LogP contribution in [0.5, 0.6) is 0 Å². The normalized spacial score (nSPS) is 28.9. The van der Waals surface area contributed by atoms with E-state index in [0.29, 0.717) is 13.2 Å². The predicted molar refractivity (Wildman–Crippen MR) is 68.9 cm³/mol. The Morgan fingerprint density at radius 2 is 2.44 bits per heavy atom. The molecule has 2 aliphatic rings. The number of carboxylic acids is 1. The molecule has 5 heteroatoms. The molecule has 1 saturated heterocycles. The van der Waals surface area contributed by atoms with Gasteiger partial charge in [0.05, 0.1) is 13.2 Å². The molecule has 4 nitrogen and oxygen atoms in total. The Kier molecular flexibility index (Phi) is 3.37. The van der Waals surface area contributed by atoms with Gasteiger partial charge < -0.3 is 9.84 Å². The van der Waals surface area contributed by atoms with Crippen LogP contribution >= 0.6 is 11.3 Å². The lowest BCUT2D eigenvalue weighted by atomic mass is 9.91. The van der Waals surface area contributed by atoms with Crippen LogP contribution < -0.4 is 0 Å². The van der Waals surface area contributed by atoms with Gasteiger partial charge in [-0.25, -0.2) is 0 Å². The van der Waals surface area contributed by atoms with Crippen molar-refractivity contribution >= 4 is 17.3 Å². The molecule has 0 radical (unpaired) electrons. The Hall–Kier alpha value is -0.910. The van der Waals surface area contributed by atoms with Gasteiger partial charge >= 0.3 is 5.97 Å². The number of carboxylic acid groups (broad SMARTS) is 1. The maximum atomic E-state index is 11.3. The van der Waals surface area contributed by atoms with E-state index in [4.69, 9.17) is 4.74 Å². The molecule has 0 bridgehead atoms. The molecule has 2 heterocycles. The molecule has 0 amide bonds. The number of ether oxygens (including phenoxy) is 1. The van der Waals surface area contributed by atoms with Crippen LogP contribution in [0.2, 0.25) is 0 Å². The minimum absolute atomic E-state index is 0.269. The molecule has 2 atom stereocenters. The second kappa shape index (κ2) is 4.99. The van der Waals surface area contributed by atoms with Gasteiger partial charge in [0.25, 0.3) is 0 Å². The van der Waals surface area contributed by atoms with Gasteiger partial charge in [0.15, 0.2) is 0 Å². The average molecular weight is 267 g/mol. The van der Waals surface area contributed by atoms with E-state index >= 15 is 0 Å². The summed E-state index contributed by atoms with van der Waals surface area (Å²) in [5, 5.41) is 11.4. The van der Waals surface area contributed by atoms with Crippen LogP contribution in [0.1, 0.15) is 29.3 Å². The van der Waals surface area contributed by atoms with Crippen LogP contribution in [-0.2, 0) is 16.0 Å². The first-order valence-electron chi connectivity index (χ1n) is 6.40. The SMILES string of the molecule is O=C(O)C1COCCN1C1CCCc2sccc21. The van der Waals surface area contributed by atoms with Crippen LogP contribution in [0.25, 0.3) is 0 Å². The fourth-order valence-electron chi connectivity index (χ4n) is 3.01. The van der Waals surface area contributed by atoms with Gasteiger partial charge in [-0.3, -0.25) is 9.69 Å². The standard InChI is InChI=1S/C13H17NO3S/c15-13(16)11-8-17-6-5-14(11)10-2-1-3-12-9(10)4-7-18-12/h4,7,10-11H,1-3,5-6,8H2,(H,15,16). The number of thiophene rings is 1. The fourth-order valence-corrected chi connectivity index (χ4v) is 3.99. The zero-order chi connectivity index (χ0) is 12.5. The summed E-state index contributed by atoms with van der Waals surface area (Å²) in [4.78, 5) is 14.9. The first-order valence-corrected chi connectivity index (χ1v) is 7.28. The maximum Gasteiger partial charge on any atom is 0.323 e. The van der Waals surface area contributed by atoms with Gasteiger partial charge in [-0.05, 0) is 36.3 Å². The average Bonchev–Trinajstić information content (AvgIpc) is 2.86. The summed E-state index contributed by atoms with van der Waals surface area (Å²) in [7, 11) is 0. The number of fused-ring (bicyclic) bond motifs is 1. The Morgan fingerprint density at radius 1 is 1.56 bits per heavy atom.